The fraction of sp³-hybridized carbons (Fsp3) is 0.286. The zero-order valence-electron chi connectivity index (χ0n) is 10.4. The molecular formula is C14H12ClN3O. The highest BCUT2D eigenvalue weighted by atomic mass is 35.5. The molecule has 19 heavy (non-hydrogen) atoms. The third-order valence-corrected chi connectivity index (χ3v) is 3.79. The third-order valence-electron chi connectivity index (χ3n) is 3.56. The topological polar surface area (TPSA) is 42.2 Å². The minimum atomic E-state index is 0.688. The van der Waals surface area contributed by atoms with Crippen LogP contribution in [0.25, 0.3) is 22.1 Å². The van der Waals surface area contributed by atoms with Crippen molar-refractivity contribution in [1.82, 2.24) is 9.97 Å². The molecule has 0 unspecified atom stereocenters. The predicted octanol–water partition coefficient (Wildman–Crippen LogP) is 3.49. The average Bonchev–Trinajstić information content (AvgIpc) is 2.73. The lowest BCUT2D eigenvalue weighted by molar-refractivity contribution is 0.442. The van der Waals surface area contributed by atoms with Crippen LogP contribution in [0.5, 0.6) is 0 Å². The van der Waals surface area contributed by atoms with E-state index in [-0.39, 0.29) is 0 Å². The number of hydrogen-bond donors (Lipinski definition) is 0. The lowest BCUT2D eigenvalue weighted by atomic mass is 10.0. The number of aromatic nitrogens is 2. The predicted molar refractivity (Wildman–Crippen MR) is 75.7 cm³/mol. The summed E-state index contributed by atoms with van der Waals surface area (Å²) in [7, 11) is 0. The summed E-state index contributed by atoms with van der Waals surface area (Å²) in [5, 5.41) is 1.63. The summed E-state index contributed by atoms with van der Waals surface area (Å²) >= 11 is 6.04. The molecule has 1 aromatic carbocycles. The van der Waals surface area contributed by atoms with E-state index in [1.54, 1.807) is 6.33 Å². The van der Waals surface area contributed by atoms with Crippen LogP contribution >= 0.6 is 11.6 Å². The van der Waals surface area contributed by atoms with Crippen molar-refractivity contribution in [1.29, 1.82) is 0 Å². The quantitative estimate of drug-likeness (QED) is 0.681. The number of hydrogen-bond acceptors (Lipinski definition) is 4. The summed E-state index contributed by atoms with van der Waals surface area (Å²) < 4.78 is 5.91. The van der Waals surface area contributed by atoms with E-state index in [0.717, 1.165) is 41.0 Å². The van der Waals surface area contributed by atoms with Crippen LogP contribution in [0, 0.1) is 5.92 Å². The fourth-order valence-electron chi connectivity index (χ4n) is 2.63. The summed E-state index contributed by atoms with van der Waals surface area (Å²) in [4.78, 5) is 10.9. The first-order valence-electron chi connectivity index (χ1n) is 6.30. The lowest BCUT2D eigenvalue weighted by Gasteiger charge is -2.37. The molecule has 3 heterocycles. The molecule has 0 spiro atoms. The van der Waals surface area contributed by atoms with Crippen LogP contribution in [0.4, 0.5) is 5.82 Å². The largest absolute Gasteiger partial charge is 0.450 e. The van der Waals surface area contributed by atoms with Gasteiger partial charge < -0.3 is 9.32 Å². The van der Waals surface area contributed by atoms with Crippen LogP contribution in [0.2, 0.25) is 5.02 Å². The molecule has 4 nitrogen and oxygen atoms in total. The molecular weight excluding hydrogens is 262 g/mol. The van der Waals surface area contributed by atoms with E-state index in [1.807, 2.05) is 18.2 Å². The number of furan rings is 1. The zero-order chi connectivity index (χ0) is 13.0. The van der Waals surface area contributed by atoms with Gasteiger partial charge in [0.05, 0.1) is 0 Å². The van der Waals surface area contributed by atoms with E-state index in [4.69, 9.17) is 16.0 Å². The third kappa shape index (κ3) is 1.60. The van der Waals surface area contributed by atoms with Gasteiger partial charge in [0.25, 0.3) is 0 Å². The van der Waals surface area contributed by atoms with Gasteiger partial charge in [-0.05, 0) is 24.1 Å². The van der Waals surface area contributed by atoms with Gasteiger partial charge in [-0.15, -0.1) is 0 Å². The van der Waals surface area contributed by atoms with Crippen LogP contribution in [-0.4, -0.2) is 23.1 Å². The molecule has 1 fully saturated rings. The van der Waals surface area contributed by atoms with Crippen molar-refractivity contribution < 1.29 is 4.42 Å². The number of halogens is 1. The molecule has 3 aromatic rings. The number of benzene rings is 1. The van der Waals surface area contributed by atoms with Crippen LogP contribution in [0.3, 0.4) is 0 Å². The average molecular weight is 274 g/mol. The van der Waals surface area contributed by atoms with Gasteiger partial charge in [0.1, 0.15) is 17.4 Å². The molecule has 2 aromatic heterocycles. The Balaban J connectivity index is 1.98. The molecule has 0 aliphatic carbocycles. The van der Waals surface area contributed by atoms with Crippen molar-refractivity contribution in [3.63, 3.8) is 0 Å². The fourth-order valence-corrected chi connectivity index (χ4v) is 2.81. The van der Waals surface area contributed by atoms with E-state index in [9.17, 15) is 0 Å². The molecule has 0 saturated carbocycles. The van der Waals surface area contributed by atoms with Gasteiger partial charge in [0, 0.05) is 23.5 Å². The molecule has 1 aliphatic rings. The molecule has 1 saturated heterocycles. The Kier molecular flexibility index (Phi) is 2.23. The Labute approximate surface area is 115 Å². The van der Waals surface area contributed by atoms with Crippen molar-refractivity contribution in [3.8, 4) is 0 Å². The van der Waals surface area contributed by atoms with Gasteiger partial charge in [-0.3, -0.25) is 0 Å². The van der Waals surface area contributed by atoms with Crippen molar-refractivity contribution >= 4 is 39.5 Å². The van der Waals surface area contributed by atoms with Gasteiger partial charge in [0.2, 0.25) is 0 Å². The second kappa shape index (κ2) is 3.84. The second-order valence-electron chi connectivity index (χ2n) is 5.13. The number of nitrogens with zero attached hydrogens (tertiary/aromatic N) is 3. The normalized spacial score (nSPS) is 16.2. The Bertz CT molecular complexity index is 777. The maximum absolute atomic E-state index is 6.04. The number of fused-ring (bicyclic) bond motifs is 3. The lowest BCUT2D eigenvalue weighted by Crippen LogP contribution is -2.45. The molecule has 96 valence electrons. The van der Waals surface area contributed by atoms with E-state index in [1.165, 1.54) is 0 Å². The van der Waals surface area contributed by atoms with E-state index < -0.39 is 0 Å². The minimum absolute atomic E-state index is 0.688. The van der Waals surface area contributed by atoms with E-state index in [0.29, 0.717) is 10.9 Å². The summed E-state index contributed by atoms with van der Waals surface area (Å²) in [5.41, 5.74) is 2.39. The van der Waals surface area contributed by atoms with Crippen LogP contribution in [-0.2, 0) is 0 Å². The highest BCUT2D eigenvalue weighted by molar-refractivity contribution is 6.31. The van der Waals surface area contributed by atoms with Crippen LogP contribution < -0.4 is 4.90 Å². The molecule has 5 heteroatoms. The van der Waals surface area contributed by atoms with Crippen molar-refractivity contribution in [2.24, 2.45) is 5.92 Å². The first-order chi connectivity index (χ1) is 9.22. The Morgan fingerprint density at radius 2 is 2.16 bits per heavy atom. The molecule has 4 rings (SSSR count). The number of anilines is 1. The molecule has 0 radical (unpaired) electrons. The molecule has 0 N–H and O–H groups in total. The molecule has 0 bridgehead atoms. The summed E-state index contributed by atoms with van der Waals surface area (Å²) in [6, 6.07) is 5.59. The minimum Gasteiger partial charge on any atom is -0.450 e. The van der Waals surface area contributed by atoms with E-state index in [2.05, 4.69) is 21.8 Å². The second-order valence-corrected chi connectivity index (χ2v) is 5.56. The maximum atomic E-state index is 6.04. The van der Waals surface area contributed by atoms with Gasteiger partial charge >= 0.3 is 0 Å². The maximum Gasteiger partial charge on any atom is 0.196 e. The Morgan fingerprint density at radius 3 is 2.95 bits per heavy atom. The molecule has 0 amide bonds. The van der Waals surface area contributed by atoms with Gasteiger partial charge in [-0.25, -0.2) is 9.97 Å². The van der Waals surface area contributed by atoms with Gasteiger partial charge in [-0.1, -0.05) is 18.5 Å². The van der Waals surface area contributed by atoms with Gasteiger partial charge in [0.15, 0.2) is 11.4 Å². The monoisotopic (exact) mass is 273 g/mol. The standard InChI is InChI=1S/C14H12ClN3O/c1-8-5-18(6-8)14-13-12(16-7-17-14)10-4-9(15)2-3-11(10)19-13/h2-4,7-8H,5-6H2,1H3. The SMILES string of the molecule is CC1CN(c2ncnc3c2oc2ccc(Cl)cc23)C1. The highest BCUT2D eigenvalue weighted by Gasteiger charge is 2.27. The molecule has 0 atom stereocenters. The van der Waals surface area contributed by atoms with Gasteiger partial charge in [-0.2, -0.15) is 0 Å². The van der Waals surface area contributed by atoms with Crippen LogP contribution in [0.1, 0.15) is 6.92 Å². The van der Waals surface area contributed by atoms with Crippen molar-refractivity contribution in [3.05, 3.63) is 29.5 Å². The number of rotatable bonds is 1. The zero-order valence-corrected chi connectivity index (χ0v) is 11.2. The van der Waals surface area contributed by atoms with Crippen LogP contribution in [0.15, 0.2) is 28.9 Å². The Morgan fingerprint density at radius 1 is 1.32 bits per heavy atom. The van der Waals surface area contributed by atoms with Crippen molar-refractivity contribution in [2.45, 2.75) is 6.92 Å². The summed E-state index contributed by atoms with van der Waals surface area (Å²) in [6.07, 6.45) is 1.59. The first-order valence-corrected chi connectivity index (χ1v) is 6.68. The molecule has 1 aliphatic heterocycles. The summed E-state index contributed by atoms with van der Waals surface area (Å²) in [5.74, 6) is 1.60. The Hall–Kier alpha value is -1.81. The first kappa shape index (κ1) is 11.1. The summed E-state index contributed by atoms with van der Waals surface area (Å²) in [6.45, 7) is 4.27. The van der Waals surface area contributed by atoms with Crippen molar-refractivity contribution in [2.75, 3.05) is 18.0 Å². The highest BCUT2D eigenvalue weighted by Crippen LogP contribution is 2.35. The van der Waals surface area contributed by atoms with E-state index >= 15 is 0 Å². The smallest absolute Gasteiger partial charge is 0.196 e.